The topological polar surface area (TPSA) is 326 Å². The highest BCUT2D eigenvalue weighted by Crippen LogP contribution is 2.31. The highest BCUT2D eigenvalue weighted by Gasteiger charge is 2.23. The van der Waals surface area contributed by atoms with E-state index >= 15 is 0 Å². The molecular weight excluding hydrogens is 734 g/mol. The predicted octanol–water partition coefficient (Wildman–Crippen LogP) is 2.83. The van der Waals surface area contributed by atoms with Crippen LogP contribution in [-0.2, 0) is 30.4 Å². The monoisotopic (exact) mass is 751 g/mol. The Morgan fingerprint density at radius 3 is 1.92 bits per heavy atom. The number of aromatic amines is 1. The number of halogens is 1. The molecule has 0 unspecified atom stereocenters. The molecule has 0 saturated carbocycles. The lowest BCUT2D eigenvalue weighted by Gasteiger charge is -2.10. The molecule has 0 spiro atoms. The van der Waals surface area contributed by atoms with E-state index < -0.39 is 91.6 Å². The van der Waals surface area contributed by atoms with Gasteiger partial charge in [-0.2, -0.15) is 44.6 Å². The lowest BCUT2D eigenvalue weighted by molar-refractivity contribution is 0.0690. The molecule has 0 bridgehead atoms. The van der Waals surface area contributed by atoms with Gasteiger partial charge in [0.05, 0.1) is 15.5 Å². The van der Waals surface area contributed by atoms with E-state index in [1.165, 1.54) is 12.1 Å². The molecular formula is C25H18FN9O12S3. The summed E-state index contributed by atoms with van der Waals surface area (Å²) in [4.78, 5) is 33.7. The number of aromatic carboxylic acids is 1. The minimum Gasteiger partial charge on any atom is -0.476 e. The highest BCUT2D eigenvalue weighted by molar-refractivity contribution is 7.86. The summed E-state index contributed by atoms with van der Waals surface area (Å²) in [7, 11) is -14.2. The van der Waals surface area contributed by atoms with Crippen molar-refractivity contribution in [1.29, 1.82) is 0 Å². The zero-order valence-electron chi connectivity index (χ0n) is 24.2. The number of hydrogen-bond donors (Lipinski definition) is 7. The SMILES string of the molecule is O=C(O)c1[nH]n(-c2ccc(S(=O)(=O)O)cc2)c(=O)c1/N=N/c1ccc(Nc2nc(F)nc(Nc3cccc(S(=O)(=O)O)c3)n2)cc1S(=O)(=O)O. The first-order valence-corrected chi connectivity index (χ1v) is 17.3. The Morgan fingerprint density at radius 1 is 0.760 bits per heavy atom. The average Bonchev–Trinajstić information content (AvgIpc) is 3.35. The standard InChI is InChI=1S/C25H18FN9O12S3/c26-23-29-24(27-12-2-1-3-16(10-12)49(42,43)44)31-25(30-23)28-13-4-9-17(18(11-13)50(45,46)47)32-33-19-20(22(37)38)34-35(21(19)36)14-5-7-15(8-6-14)48(39,40)41/h1-11,34H,(H,37,38)(H,39,40,41)(H,42,43,44)(H,45,46,47)(H2,27,28,29,30,31)/b33-32+. The Kier molecular flexibility index (Phi) is 9.28. The van der Waals surface area contributed by atoms with Gasteiger partial charge >= 0.3 is 12.0 Å². The first-order chi connectivity index (χ1) is 23.3. The number of aromatic nitrogens is 5. The maximum Gasteiger partial charge on any atom is 0.356 e. The Morgan fingerprint density at radius 2 is 1.36 bits per heavy atom. The Balaban J connectivity index is 1.46. The number of carboxylic acid groups (broad SMARTS) is 1. The molecule has 5 rings (SSSR count). The van der Waals surface area contributed by atoms with Crippen LogP contribution in [0.25, 0.3) is 5.69 Å². The summed E-state index contributed by atoms with van der Waals surface area (Å²) >= 11 is 0. The first-order valence-electron chi connectivity index (χ1n) is 13.0. The van der Waals surface area contributed by atoms with Crippen molar-refractivity contribution < 1.29 is 53.2 Å². The van der Waals surface area contributed by atoms with E-state index in [0.717, 1.165) is 54.6 Å². The summed E-state index contributed by atoms with van der Waals surface area (Å²) in [6.45, 7) is 0. The quantitative estimate of drug-likeness (QED) is 0.0753. The molecule has 0 saturated heterocycles. The molecule has 50 heavy (non-hydrogen) atoms. The summed E-state index contributed by atoms with van der Waals surface area (Å²) in [5, 5.41) is 24.0. The molecule has 5 aromatic rings. The van der Waals surface area contributed by atoms with Gasteiger partial charge in [0.15, 0.2) is 11.4 Å². The third-order valence-corrected chi connectivity index (χ3v) is 8.82. The second kappa shape index (κ2) is 13.1. The van der Waals surface area contributed by atoms with E-state index in [1.807, 2.05) is 0 Å². The van der Waals surface area contributed by atoms with Gasteiger partial charge < -0.3 is 15.7 Å². The van der Waals surface area contributed by atoms with E-state index in [4.69, 9.17) is 4.55 Å². The zero-order valence-corrected chi connectivity index (χ0v) is 26.6. The summed E-state index contributed by atoms with van der Waals surface area (Å²) in [6.07, 6.45) is -1.34. The Hall–Kier alpha value is -5.99. The minimum atomic E-state index is -5.10. The van der Waals surface area contributed by atoms with E-state index in [0.29, 0.717) is 4.68 Å². The van der Waals surface area contributed by atoms with E-state index in [-0.39, 0.29) is 17.1 Å². The predicted molar refractivity (Wildman–Crippen MR) is 166 cm³/mol. The molecule has 21 nitrogen and oxygen atoms in total. The Bertz CT molecular complexity index is 2590. The molecule has 25 heteroatoms. The van der Waals surface area contributed by atoms with Gasteiger partial charge in [0.25, 0.3) is 35.9 Å². The molecule has 0 radical (unpaired) electrons. The van der Waals surface area contributed by atoms with Crippen LogP contribution in [0.5, 0.6) is 0 Å². The number of benzene rings is 3. The number of H-pyrrole nitrogens is 1. The largest absolute Gasteiger partial charge is 0.476 e. The smallest absolute Gasteiger partial charge is 0.356 e. The Labute approximate surface area is 278 Å². The fourth-order valence-corrected chi connectivity index (χ4v) is 5.71. The molecule has 260 valence electrons. The number of nitrogens with zero attached hydrogens (tertiary/aromatic N) is 6. The second-order valence-corrected chi connectivity index (χ2v) is 13.8. The van der Waals surface area contributed by atoms with Gasteiger partial charge in [-0.15, -0.1) is 10.2 Å². The van der Waals surface area contributed by atoms with Crippen molar-refractivity contribution in [2.45, 2.75) is 14.7 Å². The molecule has 0 aliphatic rings. The summed E-state index contributed by atoms with van der Waals surface area (Å²) in [5.41, 5.74) is -3.59. The summed E-state index contributed by atoms with van der Waals surface area (Å²) in [6, 6.07) is 11.6. The maximum absolute atomic E-state index is 14.2. The molecule has 0 amide bonds. The first kappa shape index (κ1) is 35.3. The van der Waals surface area contributed by atoms with Crippen LogP contribution in [0, 0.1) is 6.08 Å². The second-order valence-electron chi connectivity index (χ2n) is 9.61. The van der Waals surface area contributed by atoms with Crippen LogP contribution in [0.4, 0.5) is 39.0 Å². The van der Waals surface area contributed by atoms with Gasteiger partial charge in [-0.05, 0) is 60.7 Å². The summed E-state index contributed by atoms with van der Waals surface area (Å²) in [5.74, 6) is -2.65. The van der Waals surface area contributed by atoms with Crippen molar-refractivity contribution in [1.82, 2.24) is 24.7 Å². The van der Waals surface area contributed by atoms with Crippen LogP contribution < -0.4 is 16.2 Å². The number of carboxylic acids is 1. The van der Waals surface area contributed by atoms with Crippen LogP contribution in [0.2, 0.25) is 0 Å². The molecule has 2 aromatic heterocycles. The molecule has 0 fully saturated rings. The third kappa shape index (κ3) is 7.99. The normalized spacial score (nSPS) is 12.2. The van der Waals surface area contributed by atoms with Gasteiger partial charge in [0.2, 0.25) is 11.9 Å². The maximum atomic E-state index is 14.2. The number of nitrogens with one attached hydrogen (secondary N) is 3. The van der Waals surface area contributed by atoms with Crippen LogP contribution in [0.3, 0.4) is 0 Å². The zero-order chi connectivity index (χ0) is 36.6. The fraction of sp³-hybridized carbons (Fsp3) is 0. The molecule has 0 aliphatic heterocycles. The van der Waals surface area contributed by atoms with Gasteiger partial charge in [0.1, 0.15) is 10.6 Å². The minimum absolute atomic E-state index is 0.0235. The van der Waals surface area contributed by atoms with Crippen molar-refractivity contribution in [3.05, 3.63) is 88.9 Å². The number of azo groups is 1. The van der Waals surface area contributed by atoms with Crippen LogP contribution >= 0.6 is 0 Å². The fourth-order valence-electron chi connectivity index (χ4n) is 4.06. The van der Waals surface area contributed by atoms with E-state index in [2.05, 4.69) is 40.9 Å². The number of anilines is 4. The molecule has 0 atom stereocenters. The number of hydrogen-bond acceptors (Lipinski definition) is 15. The van der Waals surface area contributed by atoms with Crippen molar-refractivity contribution in [2.75, 3.05) is 10.6 Å². The van der Waals surface area contributed by atoms with Crippen molar-refractivity contribution in [3.8, 4) is 5.69 Å². The number of carbonyl (C=O) groups is 1. The summed E-state index contributed by atoms with van der Waals surface area (Å²) < 4.78 is 113. The van der Waals surface area contributed by atoms with Crippen LogP contribution in [-0.4, -0.2) is 74.7 Å². The molecule has 2 heterocycles. The highest BCUT2D eigenvalue weighted by atomic mass is 32.2. The van der Waals surface area contributed by atoms with Gasteiger partial charge in [-0.3, -0.25) is 23.6 Å². The molecule has 3 aromatic carbocycles. The molecule has 7 N–H and O–H groups in total. The van der Waals surface area contributed by atoms with E-state index in [9.17, 15) is 53.4 Å². The third-order valence-electron chi connectivity index (χ3n) is 6.22. The molecule has 0 aliphatic carbocycles. The van der Waals surface area contributed by atoms with Crippen LogP contribution in [0.1, 0.15) is 10.5 Å². The van der Waals surface area contributed by atoms with Gasteiger partial charge in [0, 0.05) is 11.4 Å². The van der Waals surface area contributed by atoms with Crippen molar-refractivity contribution in [2.24, 2.45) is 10.2 Å². The van der Waals surface area contributed by atoms with Gasteiger partial charge in [-0.25, -0.2) is 9.48 Å². The lowest BCUT2D eigenvalue weighted by Crippen LogP contribution is -2.14. The lowest BCUT2D eigenvalue weighted by atomic mass is 10.3. The average molecular weight is 752 g/mol. The van der Waals surface area contributed by atoms with E-state index in [1.54, 1.807) is 0 Å². The van der Waals surface area contributed by atoms with Gasteiger partial charge in [-0.1, -0.05) is 6.07 Å². The van der Waals surface area contributed by atoms with Crippen molar-refractivity contribution >= 4 is 71.0 Å². The number of rotatable bonds is 11. The van der Waals surface area contributed by atoms with Crippen LogP contribution in [0.15, 0.2) is 96.4 Å². The van der Waals surface area contributed by atoms with Crippen molar-refractivity contribution in [3.63, 3.8) is 0 Å².